The van der Waals surface area contributed by atoms with Crippen molar-refractivity contribution in [2.24, 2.45) is 11.5 Å². The zero-order valence-corrected chi connectivity index (χ0v) is 17.3. The van der Waals surface area contributed by atoms with Gasteiger partial charge >= 0.3 is 6.03 Å². The lowest BCUT2D eigenvalue weighted by atomic mass is 10.0. The van der Waals surface area contributed by atoms with Gasteiger partial charge in [0.15, 0.2) is 0 Å². The molecule has 9 heteroatoms. The van der Waals surface area contributed by atoms with Crippen LogP contribution in [-0.2, 0) is 0 Å². The number of phenols is 1. The molecule has 7 N–H and O–H groups in total. The Hall–Kier alpha value is -3.07. The van der Waals surface area contributed by atoms with Crippen LogP contribution >= 0.6 is 0 Å². The summed E-state index contributed by atoms with van der Waals surface area (Å²) in [6.45, 7) is 7.19. The summed E-state index contributed by atoms with van der Waals surface area (Å²) in [4.78, 5) is 19.2. The number of allylic oxidation sites excluding steroid dienone is 1. The van der Waals surface area contributed by atoms with E-state index in [1.54, 1.807) is 18.2 Å². The third-order valence-electron chi connectivity index (χ3n) is 6.10. The van der Waals surface area contributed by atoms with E-state index < -0.39 is 0 Å². The van der Waals surface area contributed by atoms with Gasteiger partial charge in [-0.3, -0.25) is 0 Å². The summed E-state index contributed by atoms with van der Waals surface area (Å²) in [5, 5.41) is 16.7. The van der Waals surface area contributed by atoms with E-state index in [9.17, 15) is 9.90 Å². The van der Waals surface area contributed by atoms with Gasteiger partial charge in [0.1, 0.15) is 11.6 Å². The van der Waals surface area contributed by atoms with Gasteiger partial charge in [-0.1, -0.05) is 12.1 Å². The van der Waals surface area contributed by atoms with Crippen LogP contribution in [0.5, 0.6) is 5.75 Å². The number of nitrogens with one attached hydrogen (secondary N) is 2. The third-order valence-corrected chi connectivity index (χ3v) is 6.10. The molecule has 2 amide bonds. The van der Waals surface area contributed by atoms with Crippen LogP contribution in [-0.4, -0.2) is 83.7 Å². The number of nitrogens with zero attached hydrogens (tertiary/aromatic N) is 3. The monoisotopic (exact) mass is 413 g/mol. The Morgan fingerprint density at radius 3 is 2.70 bits per heavy atom. The van der Waals surface area contributed by atoms with Crippen LogP contribution in [0.3, 0.4) is 0 Å². The number of amides is 2. The molecule has 0 radical (unpaired) electrons. The molecular weight excluding hydrogens is 382 g/mol. The van der Waals surface area contributed by atoms with Crippen LogP contribution in [0.4, 0.5) is 4.79 Å². The number of benzene rings is 1. The van der Waals surface area contributed by atoms with Gasteiger partial charge in [0.2, 0.25) is 0 Å². The normalized spacial score (nSPS) is 25.1. The summed E-state index contributed by atoms with van der Waals surface area (Å²) in [5.41, 5.74) is 14.4. The number of fused-ring (bicyclic) bond motifs is 1. The second-order valence-corrected chi connectivity index (χ2v) is 8.12. The van der Waals surface area contributed by atoms with Crippen LogP contribution in [0.1, 0.15) is 12.5 Å². The van der Waals surface area contributed by atoms with Gasteiger partial charge in [-0.05, 0) is 25.1 Å². The van der Waals surface area contributed by atoms with Crippen molar-refractivity contribution in [3.63, 3.8) is 0 Å². The number of hydrogen-bond acceptors (Lipinski definition) is 7. The quantitative estimate of drug-likeness (QED) is 0.456. The summed E-state index contributed by atoms with van der Waals surface area (Å²) in [6.07, 6.45) is 1.81. The van der Waals surface area contributed by atoms with Crippen LogP contribution < -0.4 is 22.1 Å². The molecule has 2 unspecified atom stereocenters. The number of carbonyl (C=O) groups excluding carboxylic acids is 1. The number of piperazine rings is 2. The number of aromatic hydroxyl groups is 1. The van der Waals surface area contributed by atoms with E-state index in [1.165, 1.54) is 0 Å². The minimum atomic E-state index is 0.0456. The van der Waals surface area contributed by atoms with Crippen LogP contribution in [0.15, 0.2) is 41.9 Å². The number of rotatable bonds is 2. The third kappa shape index (κ3) is 3.85. The molecule has 3 aliphatic rings. The summed E-state index contributed by atoms with van der Waals surface area (Å²) in [7, 11) is 0. The van der Waals surface area contributed by atoms with E-state index in [2.05, 4.69) is 22.5 Å². The molecule has 2 fully saturated rings. The van der Waals surface area contributed by atoms with Gasteiger partial charge in [-0.15, -0.1) is 0 Å². The van der Waals surface area contributed by atoms with Gasteiger partial charge in [0, 0.05) is 63.1 Å². The molecule has 3 heterocycles. The molecule has 9 nitrogen and oxygen atoms in total. The highest BCUT2D eigenvalue weighted by atomic mass is 16.3. The first-order valence-corrected chi connectivity index (χ1v) is 10.5. The second kappa shape index (κ2) is 8.35. The number of urea groups is 1. The summed E-state index contributed by atoms with van der Waals surface area (Å²) in [5.74, 6) is 0.684. The lowest BCUT2D eigenvalue weighted by Gasteiger charge is -2.50. The maximum atomic E-state index is 13.1. The number of phenolic OH excluding ortho intramolecular Hbond substituents is 1. The predicted molar refractivity (Wildman–Crippen MR) is 116 cm³/mol. The summed E-state index contributed by atoms with van der Waals surface area (Å²) < 4.78 is 0. The molecular formula is C21H31N7O2. The van der Waals surface area contributed by atoms with E-state index in [4.69, 9.17) is 11.5 Å². The van der Waals surface area contributed by atoms with Crippen molar-refractivity contribution in [3.05, 3.63) is 47.4 Å². The van der Waals surface area contributed by atoms with E-state index in [0.717, 1.165) is 31.9 Å². The minimum absolute atomic E-state index is 0.0456. The lowest BCUT2D eigenvalue weighted by Crippen LogP contribution is -2.65. The Morgan fingerprint density at radius 2 is 1.97 bits per heavy atom. The van der Waals surface area contributed by atoms with E-state index in [-0.39, 0.29) is 23.9 Å². The molecule has 0 aromatic heterocycles. The Morgan fingerprint density at radius 1 is 1.23 bits per heavy atom. The fraction of sp³-hybridized carbons (Fsp3) is 0.476. The van der Waals surface area contributed by atoms with Crippen LogP contribution in [0.25, 0.3) is 5.70 Å². The zero-order valence-electron chi connectivity index (χ0n) is 17.3. The predicted octanol–water partition coefficient (Wildman–Crippen LogP) is -0.177. The molecule has 162 valence electrons. The molecule has 2 atom stereocenters. The number of para-hydroxylation sites is 1. The SMILES string of the molecule is CC1CN2C(/C=C(\N)c3ccccc3O)=C(N)NCC2CN1C(=O)N1CCNCC1. The number of carbonyl (C=O) groups is 1. The molecule has 0 saturated carbocycles. The van der Waals surface area contributed by atoms with Gasteiger partial charge in [0.05, 0.1) is 11.7 Å². The van der Waals surface area contributed by atoms with Crippen molar-refractivity contribution < 1.29 is 9.90 Å². The highest BCUT2D eigenvalue weighted by Crippen LogP contribution is 2.28. The largest absolute Gasteiger partial charge is 0.507 e. The fourth-order valence-electron chi connectivity index (χ4n) is 4.39. The second-order valence-electron chi connectivity index (χ2n) is 8.12. The summed E-state index contributed by atoms with van der Waals surface area (Å²) >= 11 is 0. The Labute approximate surface area is 177 Å². The molecule has 0 spiro atoms. The van der Waals surface area contributed by atoms with Gasteiger partial charge in [0.25, 0.3) is 0 Å². The van der Waals surface area contributed by atoms with Crippen LogP contribution in [0, 0.1) is 0 Å². The highest BCUT2D eigenvalue weighted by molar-refractivity contribution is 5.75. The number of hydrogen-bond donors (Lipinski definition) is 5. The molecule has 0 bridgehead atoms. The van der Waals surface area contributed by atoms with Crippen molar-refractivity contribution in [1.82, 2.24) is 25.3 Å². The smallest absolute Gasteiger partial charge is 0.320 e. The maximum absolute atomic E-state index is 13.1. The van der Waals surface area contributed by atoms with E-state index in [1.807, 2.05) is 21.9 Å². The molecule has 3 aliphatic heterocycles. The Bertz CT molecular complexity index is 863. The Kier molecular flexibility index (Phi) is 5.63. The first-order chi connectivity index (χ1) is 14.5. The van der Waals surface area contributed by atoms with Gasteiger partial charge in [-0.25, -0.2) is 4.79 Å². The van der Waals surface area contributed by atoms with Crippen molar-refractivity contribution in [1.29, 1.82) is 0 Å². The molecule has 30 heavy (non-hydrogen) atoms. The van der Waals surface area contributed by atoms with Crippen molar-refractivity contribution in [3.8, 4) is 5.75 Å². The topological polar surface area (TPSA) is 123 Å². The average molecular weight is 414 g/mol. The zero-order chi connectivity index (χ0) is 21.3. The van der Waals surface area contributed by atoms with Crippen molar-refractivity contribution in [2.75, 3.05) is 45.8 Å². The van der Waals surface area contributed by atoms with Gasteiger partial charge in [-0.2, -0.15) is 0 Å². The summed E-state index contributed by atoms with van der Waals surface area (Å²) in [6, 6.07) is 7.23. The molecule has 1 aromatic rings. The number of nitrogens with two attached hydrogens (primary N) is 2. The van der Waals surface area contributed by atoms with Crippen molar-refractivity contribution in [2.45, 2.75) is 19.0 Å². The first kappa shape index (κ1) is 20.2. The standard InChI is InChI=1S/C21H31N7O2/c1-14-12-28-15(13-27(14)21(30)26-8-6-24-7-9-26)11-25-20(23)18(28)10-17(22)16-4-2-3-5-19(16)29/h2-5,10,14-15,24-25,29H,6-9,11-13,22-23H2,1H3/b17-10-. The highest BCUT2D eigenvalue weighted by Gasteiger charge is 2.39. The lowest BCUT2D eigenvalue weighted by molar-refractivity contribution is 0.0563. The fourth-order valence-corrected chi connectivity index (χ4v) is 4.39. The first-order valence-electron chi connectivity index (χ1n) is 10.5. The molecule has 2 saturated heterocycles. The molecule has 4 rings (SSSR count). The average Bonchev–Trinajstić information content (AvgIpc) is 2.76. The van der Waals surface area contributed by atoms with E-state index >= 15 is 0 Å². The van der Waals surface area contributed by atoms with Crippen molar-refractivity contribution >= 4 is 11.7 Å². The van der Waals surface area contributed by atoms with Crippen LogP contribution in [0.2, 0.25) is 0 Å². The maximum Gasteiger partial charge on any atom is 0.320 e. The molecule has 1 aromatic carbocycles. The van der Waals surface area contributed by atoms with Gasteiger partial charge < -0.3 is 41.9 Å². The Balaban J connectivity index is 1.54. The minimum Gasteiger partial charge on any atom is -0.507 e. The molecule has 0 aliphatic carbocycles. The van der Waals surface area contributed by atoms with E-state index in [0.29, 0.717) is 36.7 Å².